The Bertz CT molecular complexity index is 503. The molecule has 0 aromatic carbocycles. The molecule has 0 unspecified atom stereocenters. The fourth-order valence-electron chi connectivity index (χ4n) is 3.13. The van der Waals surface area contributed by atoms with Gasteiger partial charge in [-0.2, -0.15) is 4.37 Å². The van der Waals surface area contributed by atoms with E-state index in [4.69, 9.17) is 0 Å². The molecule has 1 aliphatic heterocycles. The first-order valence-corrected chi connectivity index (χ1v) is 7.72. The van der Waals surface area contributed by atoms with Crippen LogP contribution in [-0.2, 0) is 0 Å². The number of amides is 2. The molecule has 5 heteroatoms. The lowest BCUT2D eigenvalue weighted by Gasteiger charge is -2.40. The fraction of sp³-hybridized carbons (Fsp3) is 0.571. The van der Waals surface area contributed by atoms with Gasteiger partial charge in [0.2, 0.25) is 0 Å². The van der Waals surface area contributed by atoms with Crippen molar-refractivity contribution in [2.45, 2.75) is 44.6 Å². The van der Waals surface area contributed by atoms with Crippen molar-refractivity contribution in [3.8, 4) is 0 Å². The molecule has 1 N–H and O–H groups in total. The van der Waals surface area contributed by atoms with E-state index in [0.717, 1.165) is 30.8 Å². The van der Waals surface area contributed by atoms with E-state index in [1.165, 1.54) is 30.8 Å². The molecule has 0 atom stereocenters. The van der Waals surface area contributed by atoms with E-state index in [9.17, 15) is 4.79 Å². The van der Waals surface area contributed by atoms with Gasteiger partial charge >= 0.3 is 6.03 Å². The minimum absolute atomic E-state index is 0.00944. The quantitative estimate of drug-likeness (QED) is 0.798. The number of carbonyl (C=O) groups excluding carboxylic acids is 1. The van der Waals surface area contributed by atoms with Crippen LogP contribution in [0.2, 0.25) is 0 Å². The highest BCUT2D eigenvalue weighted by Crippen LogP contribution is 2.38. The largest absolute Gasteiger partial charge is 0.322 e. The molecule has 1 aromatic heterocycles. The number of aryl methyl sites for hydroxylation is 1. The molecule has 1 saturated carbocycles. The van der Waals surface area contributed by atoms with Gasteiger partial charge in [0.15, 0.2) is 0 Å². The van der Waals surface area contributed by atoms with Gasteiger partial charge in [-0.15, -0.1) is 0 Å². The van der Waals surface area contributed by atoms with Crippen LogP contribution in [-0.4, -0.2) is 27.4 Å². The molecule has 2 amide bonds. The number of urea groups is 1. The predicted octanol–water partition coefficient (Wildman–Crippen LogP) is 3.56. The van der Waals surface area contributed by atoms with Gasteiger partial charge in [0.05, 0.1) is 16.9 Å². The van der Waals surface area contributed by atoms with Crippen molar-refractivity contribution in [3.05, 3.63) is 23.2 Å². The van der Waals surface area contributed by atoms with Crippen molar-refractivity contribution < 1.29 is 4.79 Å². The number of rotatable bonds is 1. The average molecular weight is 277 g/mol. The molecule has 0 saturated heterocycles. The third-order valence-corrected chi connectivity index (χ3v) is 4.93. The molecule has 1 aromatic rings. The van der Waals surface area contributed by atoms with Gasteiger partial charge in [0.25, 0.3) is 0 Å². The number of nitrogens with zero attached hydrogens (tertiary/aromatic N) is 2. The number of hydrogen-bond donors (Lipinski definition) is 1. The number of carbonyl (C=O) groups is 1. The Morgan fingerprint density at radius 1 is 1.42 bits per heavy atom. The number of hydrogen-bond acceptors (Lipinski definition) is 3. The van der Waals surface area contributed by atoms with Crippen LogP contribution in [0.4, 0.5) is 10.5 Å². The van der Waals surface area contributed by atoms with E-state index in [2.05, 4.69) is 21.8 Å². The van der Waals surface area contributed by atoms with Gasteiger partial charge < -0.3 is 10.2 Å². The first-order chi connectivity index (χ1) is 9.21. The summed E-state index contributed by atoms with van der Waals surface area (Å²) in [6.07, 6.45) is 10.3. The Hall–Kier alpha value is -1.36. The van der Waals surface area contributed by atoms with Gasteiger partial charge in [-0.1, -0.05) is 31.4 Å². The standard InChI is InChI=1S/C14H19N3OS/c1-11-12(10-19-16-11)15-13(18)17-9-5-8-14(17)6-3-2-4-7-14/h5,8,10H,2-4,6-7,9H2,1H3,(H,15,18). The van der Waals surface area contributed by atoms with Gasteiger partial charge in [-0.05, 0) is 31.3 Å². The molecule has 0 radical (unpaired) electrons. The highest BCUT2D eigenvalue weighted by atomic mass is 32.1. The summed E-state index contributed by atoms with van der Waals surface area (Å²) < 4.78 is 4.19. The summed E-state index contributed by atoms with van der Waals surface area (Å²) in [4.78, 5) is 14.5. The van der Waals surface area contributed by atoms with Crippen molar-refractivity contribution in [2.75, 3.05) is 11.9 Å². The zero-order valence-electron chi connectivity index (χ0n) is 11.2. The van der Waals surface area contributed by atoms with E-state index in [1.54, 1.807) is 0 Å². The summed E-state index contributed by atoms with van der Waals surface area (Å²) in [5.74, 6) is 0. The first-order valence-electron chi connectivity index (χ1n) is 6.89. The van der Waals surface area contributed by atoms with Crippen LogP contribution in [0.25, 0.3) is 0 Å². The summed E-state index contributed by atoms with van der Waals surface area (Å²) in [5, 5.41) is 4.89. The lowest BCUT2D eigenvalue weighted by Crippen LogP contribution is -2.50. The highest BCUT2D eigenvalue weighted by Gasteiger charge is 2.40. The molecular weight excluding hydrogens is 258 g/mol. The van der Waals surface area contributed by atoms with E-state index in [1.807, 2.05) is 17.2 Å². The second-order valence-corrected chi connectivity index (χ2v) is 6.05. The minimum Gasteiger partial charge on any atom is -0.312 e. The maximum atomic E-state index is 12.5. The average Bonchev–Trinajstić information content (AvgIpc) is 2.98. The highest BCUT2D eigenvalue weighted by molar-refractivity contribution is 7.04. The molecule has 1 spiro atoms. The lowest BCUT2D eigenvalue weighted by molar-refractivity contribution is 0.143. The Labute approximate surface area is 117 Å². The second kappa shape index (κ2) is 4.96. The molecule has 3 rings (SSSR count). The van der Waals surface area contributed by atoms with Gasteiger partial charge in [0.1, 0.15) is 0 Å². The molecule has 4 nitrogen and oxygen atoms in total. The van der Waals surface area contributed by atoms with E-state index in [-0.39, 0.29) is 11.6 Å². The van der Waals surface area contributed by atoms with E-state index in [0.29, 0.717) is 0 Å². The molecule has 0 bridgehead atoms. The summed E-state index contributed by atoms with van der Waals surface area (Å²) in [6, 6.07) is 0.00944. The topological polar surface area (TPSA) is 45.2 Å². The summed E-state index contributed by atoms with van der Waals surface area (Å²) in [7, 11) is 0. The monoisotopic (exact) mass is 277 g/mol. The summed E-state index contributed by atoms with van der Waals surface area (Å²) >= 11 is 1.38. The van der Waals surface area contributed by atoms with E-state index < -0.39 is 0 Å². The van der Waals surface area contributed by atoms with Crippen LogP contribution >= 0.6 is 11.5 Å². The lowest BCUT2D eigenvalue weighted by atomic mass is 9.81. The molecule has 1 aliphatic carbocycles. The van der Waals surface area contributed by atoms with Crippen LogP contribution in [0.5, 0.6) is 0 Å². The number of aromatic nitrogens is 1. The maximum absolute atomic E-state index is 12.5. The van der Waals surface area contributed by atoms with Gasteiger partial charge in [-0.3, -0.25) is 0 Å². The number of anilines is 1. The molecule has 102 valence electrons. The Balaban J connectivity index is 1.74. The van der Waals surface area contributed by atoms with Crippen molar-refractivity contribution in [3.63, 3.8) is 0 Å². The van der Waals surface area contributed by atoms with Crippen LogP contribution < -0.4 is 5.32 Å². The summed E-state index contributed by atoms with van der Waals surface area (Å²) in [5.41, 5.74) is 1.70. The van der Waals surface area contributed by atoms with Crippen LogP contribution in [0, 0.1) is 6.92 Å². The minimum atomic E-state index is -0.0281. The Morgan fingerprint density at radius 2 is 2.21 bits per heavy atom. The van der Waals surface area contributed by atoms with Crippen molar-refractivity contribution in [2.24, 2.45) is 0 Å². The van der Waals surface area contributed by atoms with Gasteiger partial charge in [0, 0.05) is 11.9 Å². The van der Waals surface area contributed by atoms with Crippen molar-refractivity contribution in [1.29, 1.82) is 0 Å². The molecule has 1 fully saturated rings. The number of nitrogens with one attached hydrogen (secondary N) is 1. The first kappa shape index (κ1) is 12.7. The van der Waals surface area contributed by atoms with Gasteiger partial charge in [-0.25, -0.2) is 4.79 Å². The summed E-state index contributed by atoms with van der Waals surface area (Å²) in [6.45, 7) is 2.65. The normalized spacial score (nSPS) is 21.0. The molecular formula is C14H19N3OS. The Morgan fingerprint density at radius 3 is 2.89 bits per heavy atom. The molecule has 2 aliphatic rings. The van der Waals surface area contributed by atoms with Crippen LogP contribution in [0.3, 0.4) is 0 Å². The second-order valence-electron chi connectivity index (χ2n) is 5.42. The fourth-order valence-corrected chi connectivity index (χ4v) is 3.77. The van der Waals surface area contributed by atoms with E-state index >= 15 is 0 Å². The molecule has 19 heavy (non-hydrogen) atoms. The van der Waals surface area contributed by atoms with Crippen LogP contribution in [0.15, 0.2) is 17.5 Å². The SMILES string of the molecule is Cc1nscc1NC(=O)N1CC=CC12CCCCC2. The smallest absolute Gasteiger partial charge is 0.312 e. The maximum Gasteiger partial charge on any atom is 0.322 e. The van der Waals surface area contributed by atoms with Crippen molar-refractivity contribution in [1.82, 2.24) is 9.27 Å². The third kappa shape index (κ3) is 2.27. The molecule has 2 heterocycles. The Kier molecular flexibility index (Phi) is 3.31. The van der Waals surface area contributed by atoms with Crippen molar-refractivity contribution >= 4 is 23.3 Å². The van der Waals surface area contributed by atoms with Crippen LogP contribution in [0.1, 0.15) is 37.8 Å². The zero-order chi connectivity index (χ0) is 13.3. The predicted molar refractivity (Wildman–Crippen MR) is 77.5 cm³/mol. The third-order valence-electron chi connectivity index (χ3n) is 4.21. The zero-order valence-corrected chi connectivity index (χ0v) is 12.0.